The molecule has 0 aromatic carbocycles. The van der Waals surface area contributed by atoms with Crippen molar-refractivity contribution in [2.24, 2.45) is 0 Å². The molecule has 0 aliphatic heterocycles. The maximum atomic E-state index is 11.6. The van der Waals surface area contributed by atoms with E-state index in [9.17, 15) is 4.79 Å². The van der Waals surface area contributed by atoms with Gasteiger partial charge < -0.3 is 15.3 Å². The molecule has 1 fully saturated rings. The molecule has 0 spiro atoms. The number of hydrogen-bond donors (Lipinski definition) is 2. The lowest BCUT2D eigenvalue weighted by molar-refractivity contribution is 0.187. The second kappa shape index (κ2) is 6.23. The van der Waals surface area contributed by atoms with Crippen molar-refractivity contribution in [3.05, 3.63) is 0 Å². The number of aliphatic hydroxyl groups is 1. The molecule has 2 unspecified atom stereocenters. The van der Waals surface area contributed by atoms with Crippen LogP contribution in [0.25, 0.3) is 0 Å². The predicted octanol–water partition coefficient (Wildman–Crippen LogP) is 0.904. The zero-order valence-electron chi connectivity index (χ0n) is 9.40. The topological polar surface area (TPSA) is 52.6 Å². The quantitative estimate of drug-likeness (QED) is 0.757. The summed E-state index contributed by atoms with van der Waals surface area (Å²) in [4.78, 5) is 13.1. The van der Waals surface area contributed by atoms with Crippen molar-refractivity contribution < 1.29 is 9.90 Å². The third-order valence-electron chi connectivity index (χ3n) is 2.83. The van der Waals surface area contributed by atoms with Crippen LogP contribution in [0.3, 0.4) is 0 Å². The van der Waals surface area contributed by atoms with Crippen LogP contribution >= 0.6 is 11.8 Å². The van der Waals surface area contributed by atoms with E-state index in [0.717, 1.165) is 12.8 Å². The van der Waals surface area contributed by atoms with Gasteiger partial charge in [0.15, 0.2) is 0 Å². The monoisotopic (exact) mass is 232 g/mol. The van der Waals surface area contributed by atoms with Crippen LogP contribution in [0.15, 0.2) is 0 Å². The van der Waals surface area contributed by atoms with Crippen LogP contribution in [0, 0.1) is 0 Å². The van der Waals surface area contributed by atoms with Crippen LogP contribution in [0.5, 0.6) is 0 Å². The fourth-order valence-corrected chi connectivity index (χ4v) is 2.62. The molecule has 88 valence electrons. The lowest BCUT2D eigenvalue weighted by Gasteiger charge is -2.20. The molecule has 0 aromatic rings. The molecular weight excluding hydrogens is 212 g/mol. The fourth-order valence-electron chi connectivity index (χ4n) is 1.82. The second-order valence-electron chi connectivity index (χ2n) is 3.96. The van der Waals surface area contributed by atoms with Gasteiger partial charge in [-0.2, -0.15) is 11.8 Å². The van der Waals surface area contributed by atoms with E-state index < -0.39 is 0 Å². The Balaban J connectivity index is 2.27. The zero-order valence-corrected chi connectivity index (χ0v) is 10.2. The van der Waals surface area contributed by atoms with Crippen molar-refractivity contribution in [2.75, 3.05) is 26.5 Å². The van der Waals surface area contributed by atoms with Gasteiger partial charge in [0.1, 0.15) is 0 Å². The van der Waals surface area contributed by atoms with Gasteiger partial charge in [-0.3, -0.25) is 0 Å². The first-order valence-corrected chi connectivity index (χ1v) is 6.61. The average Bonchev–Trinajstić information content (AvgIpc) is 2.66. The summed E-state index contributed by atoms with van der Waals surface area (Å²) >= 11 is 1.88. The number of nitrogens with zero attached hydrogens (tertiary/aromatic N) is 1. The maximum absolute atomic E-state index is 11.6. The maximum Gasteiger partial charge on any atom is 0.317 e. The Bertz CT molecular complexity index is 214. The number of carbonyl (C=O) groups excluding carboxylic acids is 1. The molecule has 1 aliphatic rings. The number of amides is 2. The Labute approximate surface area is 95.4 Å². The first kappa shape index (κ1) is 12.6. The summed E-state index contributed by atoms with van der Waals surface area (Å²) in [6.45, 7) is 0.409. The van der Waals surface area contributed by atoms with E-state index in [4.69, 9.17) is 5.11 Å². The molecule has 4 nitrogen and oxygen atoms in total. The molecule has 15 heavy (non-hydrogen) atoms. The number of thioether (sulfide) groups is 1. The number of likely N-dealkylation sites (N-methyl/N-ethyl adjacent to an activating group) is 1. The molecule has 0 heterocycles. The predicted molar refractivity (Wildman–Crippen MR) is 63.2 cm³/mol. The number of nitrogens with one attached hydrogen (secondary N) is 1. The van der Waals surface area contributed by atoms with E-state index in [2.05, 4.69) is 11.6 Å². The number of carbonyl (C=O) groups is 1. The molecule has 1 aliphatic carbocycles. The molecule has 2 amide bonds. The van der Waals surface area contributed by atoms with Gasteiger partial charge in [-0.15, -0.1) is 0 Å². The van der Waals surface area contributed by atoms with Crippen LogP contribution < -0.4 is 5.32 Å². The summed E-state index contributed by atoms with van der Waals surface area (Å²) in [6.07, 6.45) is 5.45. The van der Waals surface area contributed by atoms with Crippen LogP contribution in [-0.4, -0.2) is 53.8 Å². The molecule has 2 atom stereocenters. The van der Waals surface area contributed by atoms with Crippen molar-refractivity contribution in [1.82, 2.24) is 10.2 Å². The molecule has 0 aromatic heterocycles. The Morgan fingerprint density at radius 2 is 2.33 bits per heavy atom. The number of rotatable bonds is 4. The SMILES string of the molecule is CSC1CCC(NC(=O)N(C)CCO)C1. The minimum atomic E-state index is -0.0733. The normalized spacial score (nSPS) is 25.3. The smallest absolute Gasteiger partial charge is 0.317 e. The van der Waals surface area contributed by atoms with Crippen LogP contribution in [0.2, 0.25) is 0 Å². The van der Waals surface area contributed by atoms with Crippen molar-refractivity contribution in [3.8, 4) is 0 Å². The highest BCUT2D eigenvalue weighted by Crippen LogP contribution is 2.28. The lowest BCUT2D eigenvalue weighted by Crippen LogP contribution is -2.43. The Morgan fingerprint density at radius 3 is 2.87 bits per heavy atom. The Kier molecular flexibility index (Phi) is 5.25. The van der Waals surface area contributed by atoms with Gasteiger partial charge in [0.2, 0.25) is 0 Å². The van der Waals surface area contributed by atoms with Gasteiger partial charge in [0.05, 0.1) is 6.61 Å². The summed E-state index contributed by atoms with van der Waals surface area (Å²) < 4.78 is 0. The Hall–Kier alpha value is -0.420. The zero-order chi connectivity index (χ0) is 11.3. The van der Waals surface area contributed by atoms with Crippen LogP contribution in [0.4, 0.5) is 4.79 Å². The van der Waals surface area contributed by atoms with Gasteiger partial charge in [-0.25, -0.2) is 4.79 Å². The van der Waals surface area contributed by atoms with Gasteiger partial charge in [-0.1, -0.05) is 0 Å². The van der Waals surface area contributed by atoms with Gasteiger partial charge >= 0.3 is 6.03 Å². The standard InChI is InChI=1S/C10H20N2O2S/c1-12(5-6-13)10(14)11-8-3-4-9(7-8)15-2/h8-9,13H,3-7H2,1-2H3,(H,11,14). The minimum Gasteiger partial charge on any atom is -0.395 e. The first-order valence-electron chi connectivity index (χ1n) is 5.32. The van der Waals surface area contributed by atoms with Crippen molar-refractivity contribution in [3.63, 3.8) is 0 Å². The van der Waals surface area contributed by atoms with E-state index >= 15 is 0 Å². The number of urea groups is 1. The summed E-state index contributed by atoms with van der Waals surface area (Å²) in [5, 5.41) is 12.4. The van der Waals surface area contributed by atoms with Gasteiger partial charge in [0, 0.05) is 24.9 Å². The molecule has 0 saturated heterocycles. The van der Waals surface area contributed by atoms with Crippen LogP contribution in [-0.2, 0) is 0 Å². The molecular formula is C10H20N2O2S. The average molecular weight is 232 g/mol. The van der Waals surface area contributed by atoms with E-state index in [1.807, 2.05) is 11.8 Å². The first-order chi connectivity index (χ1) is 7.17. The third-order valence-corrected chi connectivity index (χ3v) is 3.92. The minimum absolute atomic E-state index is 0.0159. The van der Waals surface area contributed by atoms with E-state index in [-0.39, 0.29) is 12.6 Å². The molecule has 1 saturated carbocycles. The molecule has 2 N–H and O–H groups in total. The molecule has 0 bridgehead atoms. The molecule has 0 radical (unpaired) electrons. The summed E-state index contributed by atoms with van der Waals surface area (Å²) in [5.74, 6) is 0. The van der Waals surface area contributed by atoms with Gasteiger partial charge in [0.25, 0.3) is 0 Å². The van der Waals surface area contributed by atoms with Crippen LogP contribution in [0.1, 0.15) is 19.3 Å². The van der Waals surface area contributed by atoms with Crippen molar-refractivity contribution >= 4 is 17.8 Å². The molecule has 5 heteroatoms. The summed E-state index contributed by atoms with van der Waals surface area (Å²) in [7, 11) is 1.70. The highest BCUT2D eigenvalue weighted by molar-refractivity contribution is 7.99. The lowest BCUT2D eigenvalue weighted by atomic mass is 10.2. The number of aliphatic hydroxyl groups excluding tert-OH is 1. The summed E-state index contributed by atoms with van der Waals surface area (Å²) in [5.41, 5.74) is 0. The third kappa shape index (κ3) is 3.91. The van der Waals surface area contributed by atoms with E-state index in [0.29, 0.717) is 17.8 Å². The highest BCUT2D eigenvalue weighted by Gasteiger charge is 2.25. The fraction of sp³-hybridized carbons (Fsp3) is 0.900. The Morgan fingerprint density at radius 1 is 1.60 bits per heavy atom. The van der Waals surface area contributed by atoms with E-state index in [1.54, 1.807) is 7.05 Å². The van der Waals surface area contributed by atoms with E-state index in [1.165, 1.54) is 11.3 Å². The highest BCUT2D eigenvalue weighted by atomic mass is 32.2. The number of hydrogen-bond acceptors (Lipinski definition) is 3. The second-order valence-corrected chi connectivity index (χ2v) is 5.10. The van der Waals surface area contributed by atoms with Gasteiger partial charge in [-0.05, 0) is 25.5 Å². The van der Waals surface area contributed by atoms with Crippen molar-refractivity contribution in [1.29, 1.82) is 0 Å². The molecule has 1 rings (SSSR count). The summed E-state index contributed by atoms with van der Waals surface area (Å²) in [6, 6.07) is 0.242. The van der Waals surface area contributed by atoms with Crippen molar-refractivity contribution in [2.45, 2.75) is 30.6 Å². The largest absolute Gasteiger partial charge is 0.395 e.